The van der Waals surface area contributed by atoms with E-state index in [1.54, 1.807) is 0 Å². The number of ether oxygens (including phenoxy) is 2. The summed E-state index contributed by atoms with van der Waals surface area (Å²) in [6.45, 7) is -0.253. The molecule has 0 bridgehead atoms. The minimum Gasteiger partial charge on any atom is -0.480 e. The average molecular weight is 450 g/mol. The first-order valence-electron chi connectivity index (χ1n) is 10.5. The Kier molecular flexibility index (Phi) is 8.06. The van der Waals surface area contributed by atoms with E-state index in [1.165, 1.54) is 7.11 Å². The number of benzene rings is 2. The van der Waals surface area contributed by atoms with Crippen LogP contribution in [0.15, 0.2) is 48.5 Å². The van der Waals surface area contributed by atoms with E-state index < -0.39 is 30.6 Å². The van der Waals surface area contributed by atoms with Gasteiger partial charge in [-0.15, -0.1) is 12.3 Å². The Morgan fingerprint density at radius 3 is 2.27 bits per heavy atom. The number of carbonyl (C=O) groups is 3. The number of hydrogen-bond donors (Lipinski definition) is 2. The molecule has 1 atom stereocenters. The molecule has 33 heavy (non-hydrogen) atoms. The highest BCUT2D eigenvalue weighted by atomic mass is 16.5. The molecule has 0 heterocycles. The lowest BCUT2D eigenvalue weighted by Gasteiger charge is -2.25. The number of carboxylic acid groups (broad SMARTS) is 1. The lowest BCUT2D eigenvalue weighted by molar-refractivity contribution is -0.145. The van der Waals surface area contributed by atoms with Crippen molar-refractivity contribution in [2.24, 2.45) is 0 Å². The first kappa shape index (κ1) is 23.8. The topological polar surface area (TPSA) is 105 Å². The molecule has 0 spiro atoms. The average Bonchev–Trinajstić information content (AvgIpc) is 3.13. The molecule has 1 unspecified atom stereocenters. The summed E-state index contributed by atoms with van der Waals surface area (Å²) in [6.07, 6.45) is 4.47. The Morgan fingerprint density at radius 1 is 1.12 bits per heavy atom. The van der Waals surface area contributed by atoms with E-state index in [0.717, 1.165) is 27.2 Å². The second-order valence-corrected chi connectivity index (χ2v) is 7.58. The second kappa shape index (κ2) is 11.2. The van der Waals surface area contributed by atoms with Crippen molar-refractivity contribution in [2.75, 3.05) is 33.4 Å². The van der Waals surface area contributed by atoms with Crippen LogP contribution in [0.25, 0.3) is 11.1 Å². The second-order valence-electron chi connectivity index (χ2n) is 7.58. The molecule has 2 aromatic rings. The number of rotatable bonds is 10. The van der Waals surface area contributed by atoms with Crippen LogP contribution in [0.4, 0.5) is 4.79 Å². The van der Waals surface area contributed by atoms with Crippen LogP contribution in [0.3, 0.4) is 0 Å². The molecule has 2 aromatic carbocycles. The SMILES string of the molecule is C#CCC(NC(=O)OCC1c2ccccc2-c2ccccc21)C(=O)N(CCOC)CC(=O)O. The molecule has 1 aliphatic rings. The smallest absolute Gasteiger partial charge is 0.407 e. The molecule has 0 radical (unpaired) electrons. The van der Waals surface area contributed by atoms with Gasteiger partial charge in [0.1, 0.15) is 19.2 Å². The largest absolute Gasteiger partial charge is 0.480 e. The Hall–Kier alpha value is -3.83. The fourth-order valence-corrected chi connectivity index (χ4v) is 3.95. The summed E-state index contributed by atoms with van der Waals surface area (Å²) in [5.74, 6) is 0.425. The fraction of sp³-hybridized carbons (Fsp3) is 0.320. The Bertz CT molecular complexity index is 1020. The van der Waals surface area contributed by atoms with Gasteiger partial charge in [-0.2, -0.15) is 0 Å². The van der Waals surface area contributed by atoms with E-state index in [2.05, 4.69) is 11.2 Å². The van der Waals surface area contributed by atoms with Crippen LogP contribution in [-0.2, 0) is 19.1 Å². The summed E-state index contributed by atoms with van der Waals surface area (Å²) >= 11 is 0. The van der Waals surface area contributed by atoms with Gasteiger partial charge >= 0.3 is 12.1 Å². The third kappa shape index (κ3) is 5.70. The van der Waals surface area contributed by atoms with Gasteiger partial charge < -0.3 is 24.8 Å². The van der Waals surface area contributed by atoms with Gasteiger partial charge in [-0.05, 0) is 22.3 Å². The third-order valence-electron chi connectivity index (χ3n) is 5.46. The molecule has 172 valence electrons. The standard InChI is InChI=1S/C25H26N2O6/c1-3-8-22(24(30)27(13-14-32-2)15-23(28)29)26-25(31)33-16-21-19-11-6-4-9-17(19)18-10-5-7-12-20(18)21/h1,4-7,9-12,21-22H,8,13-16H2,2H3,(H,26,31)(H,28,29). The Balaban J connectivity index is 1.67. The molecule has 0 saturated carbocycles. The number of aliphatic carboxylic acids is 1. The summed E-state index contributed by atoms with van der Waals surface area (Å²) in [4.78, 5) is 37.6. The van der Waals surface area contributed by atoms with Crippen molar-refractivity contribution in [1.82, 2.24) is 10.2 Å². The summed E-state index contributed by atoms with van der Waals surface area (Å²) in [5, 5.41) is 11.6. The van der Waals surface area contributed by atoms with Crippen molar-refractivity contribution >= 4 is 18.0 Å². The van der Waals surface area contributed by atoms with Crippen LogP contribution in [0, 0.1) is 12.3 Å². The van der Waals surface area contributed by atoms with Gasteiger partial charge in [0.25, 0.3) is 0 Å². The quantitative estimate of drug-likeness (QED) is 0.539. The zero-order valence-electron chi connectivity index (χ0n) is 18.3. The zero-order valence-corrected chi connectivity index (χ0v) is 18.3. The molecule has 2 N–H and O–H groups in total. The lowest BCUT2D eigenvalue weighted by Crippen LogP contribution is -2.50. The van der Waals surface area contributed by atoms with Gasteiger partial charge in [0, 0.05) is 26.0 Å². The van der Waals surface area contributed by atoms with Gasteiger partial charge in [0.15, 0.2) is 0 Å². The molecule has 8 nitrogen and oxygen atoms in total. The summed E-state index contributed by atoms with van der Waals surface area (Å²) in [6, 6.07) is 14.8. The first-order chi connectivity index (χ1) is 16.0. The number of fused-ring (bicyclic) bond motifs is 3. The molecule has 3 rings (SSSR count). The molecule has 0 fully saturated rings. The van der Waals surface area contributed by atoms with Crippen molar-refractivity contribution in [3.05, 3.63) is 59.7 Å². The van der Waals surface area contributed by atoms with Crippen molar-refractivity contribution in [1.29, 1.82) is 0 Å². The summed E-state index contributed by atoms with van der Waals surface area (Å²) in [5.41, 5.74) is 4.33. The fourth-order valence-electron chi connectivity index (χ4n) is 3.95. The van der Waals surface area contributed by atoms with E-state index in [9.17, 15) is 14.4 Å². The van der Waals surface area contributed by atoms with Crippen molar-refractivity contribution < 1.29 is 29.0 Å². The summed E-state index contributed by atoms with van der Waals surface area (Å²) in [7, 11) is 1.44. The number of terminal acetylenes is 1. The number of hydrogen-bond acceptors (Lipinski definition) is 5. The molecule has 0 aromatic heterocycles. The highest BCUT2D eigenvalue weighted by Gasteiger charge is 2.31. The number of nitrogens with one attached hydrogen (secondary N) is 1. The van der Waals surface area contributed by atoms with E-state index in [-0.39, 0.29) is 32.1 Å². The first-order valence-corrected chi connectivity index (χ1v) is 10.5. The minimum atomic E-state index is -1.18. The molecule has 0 aliphatic heterocycles. The van der Waals surface area contributed by atoms with Gasteiger partial charge in [-0.3, -0.25) is 9.59 Å². The van der Waals surface area contributed by atoms with Gasteiger partial charge in [-0.25, -0.2) is 4.79 Å². The number of carbonyl (C=O) groups excluding carboxylic acids is 2. The zero-order chi connectivity index (χ0) is 23.8. The molecule has 0 saturated heterocycles. The minimum absolute atomic E-state index is 0.0507. The van der Waals surface area contributed by atoms with Crippen molar-refractivity contribution in [2.45, 2.75) is 18.4 Å². The van der Waals surface area contributed by atoms with Crippen LogP contribution < -0.4 is 5.32 Å². The predicted molar refractivity (Wildman–Crippen MR) is 122 cm³/mol. The third-order valence-corrected chi connectivity index (χ3v) is 5.46. The molecular weight excluding hydrogens is 424 g/mol. The monoisotopic (exact) mass is 450 g/mol. The molecule has 8 heteroatoms. The van der Waals surface area contributed by atoms with Crippen LogP contribution in [-0.4, -0.2) is 67.4 Å². The molecule has 2 amide bonds. The Labute approximate surface area is 192 Å². The predicted octanol–water partition coefficient (Wildman–Crippen LogP) is 2.48. The number of amides is 2. The van der Waals surface area contributed by atoms with Crippen LogP contribution in [0.2, 0.25) is 0 Å². The van der Waals surface area contributed by atoms with Gasteiger partial charge in [-0.1, -0.05) is 48.5 Å². The highest BCUT2D eigenvalue weighted by Crippen LogP contribution is 2.44. The van der Waals surface area contributed by atoms with Gasteiger partial charge in [0.2, 0.25) is 5.91 Å². The van der Waals surface area contributed by atoms with E-state index >= 15 is 0 Å². The van der Waals surface area contributed by atoms with E-state index in [1.807, 2.05) is 48.5 Å². The highest BCUT2D eigenvalue weighted by molar-refractivity contribution is 5.88. The lowest BCUT2D eigenvalue weighted by atomic mass is 9.98. The van der Waals surface area contributed by atoms with Crippen molar-refractivity contribution in [3.8, 4) is 23.5 Å². The number of methoxy groups -OCH3 is 1. The Morgan fingerprint density at radius 2 is 1.73 bits per heavy atom. The van der Waals surface area contributed by atoms with Crippen LogP contribution in [0.1, 0.15) is 23.5 Å². The number of alkyl carbamates (subject to hydrolysis) is 1. The maximum Gasteiger partial charge on any atom is 0.407 e. The van der Waals surface area contributed by atoms with Gasteiger partial charge in [0.05, 0.1) is 6.61 Å². The van der Waals surface area contributed by atoms with Crippen LogP contribution >= 0.6 is 0 Å². The maximum absolute atomic E-state index is 12.8. The van der Waals surface area contributed by atoms with E-state index in [4.69, 9.17) is 21.0 Å². The number of nitrogens with zero attached hydrogens (tertiary/aromatic N) is 1. The molecular formula is C25H26N2O6. The van der Waals surface area contributed by atoms with Crippen LogP contribution in [0.5, 0.6) is 0 Å². The molecule has 1 aliphatic carbocycles. The van der Waals surface area contributed by atoms with Crippen molar-refractivity contribution in [3.63, 3.8) is 0 Å². The number of carboxylic acids is 1. The normalized spacial score (nSPS) is 12.7. The maximum atomic E-state index is 12.8. The summed E-state index contributed by atoms with van der Waals surface area (Å²) < 4.78 is 10.4. The van der Waals surface area contributed by atoms with E-state index in [0.29, 0.717) is 0 Å².